The van der Waals surface area contributed by atoms with Crippen molar-refractivity contribution in [3.05, 3.63) is 78.9 Å². The lowest BCUT2D eigenvalue weighted by Crippen LogP contribution is -2.19. The minimum atomic E-state index is -2.82. The Morgan fingerprint density at radius 2 is 1.75 bits per heavy atom. The normalized spacial score (nSPS) is 13.8. The van der Waals surface area contributed by atoms with E-state index in [0.717, 1.165) is 5.30 Å². The van der Waals surface area contributed by atoms with Crippen LogP contribution >= 0.6 is 7.14 Å². The molecule has 1 aromatic carbocycles. The van der Waals surface area contributed by atoms with E-state index in [4.69, 9.17) is 4.42 Å². The zero-order chi connectivity index (χ0) is 13.8. The average Bonchev–Trinajstić information content (AvgIpc) is 3.02. The van der Waals surface area contributed by atoms with E-state index in [1.54, 1.807) is 12.5 Å². The van der Waals surface area contributed by atoms with Gasteiger partial charge in [-0.1, -0.05) is 36.4 Å². The molecule has 2 heterocycles. The lowest BCUT2D eigenvalue weighted by Gasteiger charge is -2.17. The smallest absolute Gasteiger partial charge is 0.168 e. The lowest BCUT2D eigenvalue weighted by atomic mass is 10.4. The van der Waals surface area contributed by atoms with Crippen LogP contribution in [-0.2, 0) is 10.7 Å². The van der Waals surface area contributed by atoms with Gasteiger partial charge in [-0.3, -0.25) is 4.98 Å². The fraction of sp³-hybridized carbons (Fsp3) is 0.0625. The standard InChI is InChI=1S/C16H14NO2P/c18-20(13-14-7-6-12-19-14,15-8-2-1-3-9-15)16-10-4-5-11-17-16/h1-12H,13H2. The highest BCUT2D eigenvalue weighted by Crippen LogP contribution is 2.46. The second kappa shape index (κ2) is 5.48. The van der Waals surface area contributed by atoms with Gasteiger partial charge in [0.1, 0.15) is 11.2 Å². The van der Waals surface area contributed by atoms with E-state index in [1.165, 1.54) is 0 Å². The highest BCUT2D eigenvalue weighted by Gasteiger charge is 2.29. The molecule has 0 spiro atoms. The molecule has 3 nitrogen and oxygen atoms in total. The quantitative estimate of drug-likeness (QED) is 0.691. The summed E-state index contributed by atoms with van der Waals surface area (Å²) in [5, 5.41) is 0.801. The van der Waals surface area contributed by atoms with E-state index in [-0.39, 0.29) is 0 Å². The molecule has 1 unspecified atom stereocenters. The topological polar surface area (TPSA) is 43.1 Å². The second-order valence-corrected chi connectivity index (χ2v) is 7.27. The summed E-state index contributed by atoms with van der Waals surface area (Å²) >= 11 is 0. The van der Waals surface area contributed by atoms with Crippen molar-refractivity contribution in [1.82, 2.24) is 4.98 Å². The van der Waals surface area contributed by atoms with Crippen molar-refractivity contribution in [3.8, 4) is 0 Å². The van der Waals surface area contributed by atoms with Gasteiger partial charge in [-0.05, 0) is 24.3 Å². The van der Waals surface area contributed by atoms with Crippen LogP contribution in [0.15, 0.2) is 77.5 Å². The predicted molar refractivity (Wildman–Crippen MR) is 80.0 cm³/mol. The van der Waals surface area contributed by atoms with Crippen molar-refractivity contribution in [2.45, 2.75) is 6.16 Å². The maximum absolute atomic E-state index is 13.6. The van der Waals surface area contributed by atoms with E-state index in [9.17, 15) is 4.57 Å². The van der Waals surface area contributed by atoms with Crippen LogP contribution in [0.4, 0.5) is 0 Å². The number of benzene rings is 1. The third kappa shape index (κ3) is 2.45. The Kier molecular flexibility index (Phi) is 3.53. The van der Waals surface area contributed by atoms with Crippen molar-refractivity contribution in [3.63, 3.8) is 0 Å². The first kappa shape index (κ1) is 12.9. The molecule has 0 aliphatic rings. The number of aromatic nitrogens is 1. The maximum Gasteiger partial charge on any atom is 0.168 e. The summed E-state index contributed by atoms with van der Waals surface area (Å²) in [4.78, 5) is 4.30. The van der Waals surface area contributed by atoms with Crippen LogP contribution in [0.25, 0.3) is 0 Å². The van der Waals surface area contributed by atoms with Crippen molar-refractivity contribution in [1.29, 1.82) is 0 Å². The van der Waals surface area contributed by atoms with Crippen molar-refractivity contribution < 1.29 is 8.98 Å². The maximum atomic E-state index is 13.6. The molecule has 100 valence electrons. The van der Waals surface area contributed by atoms with Crippen LogP contribution in [-0.4, -0.2) is 4.98 Å². The van der Waals surface area contributed by atoms with Gasteiger partial charge >= 0.3 is 0 Å². The summed E-state index contributed by atoms with van der Waals surface area (Å²) < 4.78 is 18.9. The highest BCUT2D eigenvalue weighted by molar-refractivity contribution is 7.77. The van der Waals surface area contributed by atoms with E-state index < -0.39 is 7.14 Å². The minimum Gasteiger partial charge on any atom is -0.469 e. The van der Waals surface area contributed by atoms with Crippen LogP contribution in [0, 0.1) is 0 Å². The molecular weight excluding hydrogens is 269 g/mol. The van der Waals surface area contributed by atoms with Gasteiger partial charge in [-0.15, -0.1) is 0 Å². The first-order chi connectivity index (χ1) is 9.79. The van der Waals surface area contributed by atoms with Crippen molar-refractivity contribution >= 4 is 17.9 Å². The number of hydrogen-bond acceptors (Lipinski definition) is 3. The zero-order valence-electron chi connectivity index (χ0n) is 10.8. The minimum absolute atomic E-state index is 0.348. The summed E-state index contributed by atoms with van der Waals surface area (Å²) in [5.74, 6) is 0.711. The van der Waals surface area contributed by atoms with Crippen LogP contribution < -0.4 is 10.7 Å². The number of rotatable bonds is 4. The fourth-order valence-electron chi connectivity index (χ4n) is 2.16. The summed E-state index contributed by atoms with van der Waals surface area (Å²) in [6, 6.07) is 18.6. The molecule has 20 heavy (non-hydrogen) atoms. The fourth-order valence-corrected chi connectivity index (χ4v) is 4.62. The summed E-state index contributed by atoms with van der Waals surface area (Å²) in [6.45, 7) is 0. The van der Waals surface area contributed by atoms with E-state index in [0.29, 0.717) is 17.4 Å². The molecule has 4 heteroatoms. The SMILES string of the molecule is O=P(Cc1ccco1)(c1ccccc1)c1ccccn1. The molecule has 0 aliphatic heterocycles. The highest BCUT2D eigenvalue weighted by atomic mass is 31.2. The number of nitrogens with zero attached hydrogens (tertiary/aromatic N) is 1. The van der Waals surface area contributed by atoms with Gasteiger partial charge in [0.05, 0.1) is 12.4 Å². The van der Waals surface area contributed by atoms with Gasteiger partial charge in [0.2, 0.25) is 0 Å². The number of pyridine rings is 1. The largest absolute Gasteiger partial charge is 0.469 e. The molecule has 0 fully saturated rings. The van der Waals surface area contributed by atoms with E-state index in [1.807, 2.05) is 60.7 Å². The molecule has 2 aromatic heterocycles. The van der Waals surface area contributed by atoms with Gasteiger partial charge in [-0.25, -0.2) is 0 Å². The Labute approximate surface area is 117 Å². The first-order valence-electron chi connectivity index (χ1n) is 6.38. The third-order valence-corrected chi connectivity index (χ3v) is 6.05. The zero-order valence-corrected chi connectivity index (χ0v) is 11.7. The summed E-state index contributed by atoms with van der Waals surface area (Å²) in [6.07, 6.45) is 3.62. The molecule has 0 aliphatic carbocycles. The number of furan rings is 1. The van der Waals surface area contributed by atoms with Gasteiger partial charge < -0.3 is 8.98 Å². The number of hydrogen-bond donors (Lipinski definition) is 0. The van der Waals surface area contributed by atoms with E-state index in [2.05, 4.69) is 4.98 Å². The molecule has 1 atom stereocenters. The van der Waals surface area contributed by atoms with E-state index >= 15 is 0 Å². The van der Waals surface area contributed by atoms with Crippen LogP contribution in [0.5, 0.6) is 0 Å². The summed E-state index contributed by atoms with van der Waals surface area (Å²) in [7, 11) is -2.82. The van der Waals surface area contributed by atoms with Gasteiger partial charge in [0, 0.05) is 11.5 Å². The van der Waals surface area contributed by atoms with Crippen molar-refractivity contribution in [2.24, 2.45) is 0 Å². The molecule has 0 saturated carbocycles. The average molecular weight is 283 g/mol. The second-order valence-electron chi connectivity index (χ2n) is 4.50. The molecule has 0 bridgehead atoms. The Bertz CT molecular complexity index is 665. The van der Waals surface area contributed by atoms with Crippen molar-refractivity contribution in [2.75, 3.05) is 0 Å². The summed E-state index contributed by atoms with van der Waals surface area (Å²) in [5.41, 5.74) is 0.614. The van der Waals surface area contributed by atoms with Gasteiger partial charge in [0.15, 0.2) is 7.14 Å². The Balaban J connectivity index is 2.10. The van der Waals surface area contributed by atoms with Crippen LogP contribution in [0.3, 0.4) is 0 Å². The molecule has 0 radical (unpaired) electrons. The molecule has 3 aromatic rings. The van der Waals surface area contributed by atoms with Crippen LogP contribution in [0.2, 0.25) is 0 Å². The van der Waals surface area contributed by atoms with Gasteiger partial charge in [0.25, 0.3) is 0 Å². The third-order valence-electron chi connectivity index (χ3n) is 3.15. The first-order valence-corrected chi connectivity index (χ1v) is 8.27. The Morgan fingerprint density at radius 1 is 0.950 bits per heavy atom. The molecule has 3 rings (SSSR count). The Morgan fingerprint density at radius 3 is 2.40 bits per heavy atom. The monoisotopic (exact) mass is 283 g/mol. The molecule has 0 N–H and O–H groups in total. The Hall–Kier alpha value is -2.12. The van der Waals surface area contributed by atoms with Crippen LogP contribution in [0.1, 0.15) is 5.76 Å². The molecule has 0 saturated heterocycles. The molecular formula is C16H14NO2P. The molecule has 0 amide bonds. The predicted octanol–water partition coefficient (Wildman–Crippen LogP) is 3.19. The van der Waals surface area contributed by atoms with Gasteiger partial charge in [-0.2, -0.15) is 0 Å². The lowest BCUT2D eigenvalue weighted by molar-refractivity contribution is 0.522.